The van der Waals surface area contributed by atoms with E-state index in [4.69, 9.17) is 11.6 Å². The number of nitrogens with zero attached hydrogens (tertiary/aromatic N) is 6. The molecule has 0 bridgehead atoms. The number of aromatic nitrogens is 8. The second-order valence-corrected chi connectivity index (χ2v) is 10.2. The average Bonchev–Trinajstić information content (AvgIpc) is 3.75. The van der Waals surface area contributed by atoms with Crippen molar-refractivity contribution in [3.05, 3.63) is 99.7 Å². The molecule has 5 heterocycles. The number of hydrogen-bond donors (Lipinski definition) is 3. The normalized spacial score (nSPS) is 14.6. The smallest absolute Gasteiger partial charge is 0.307 e. The highest BCUT2D eigenvalue weighted by molar-refractivity contribution is 6.31. The predicted octanol–water partition coefficient (Wildman–Crippen LogP) is 4.18. The molecule has 0 saturated carbocycles. The van der Waals surface area contributed by atoms with Crippen LogP contribution in [0.3, 0.4) is 0 Å². The number of tetrazole rings is 1. The van der Waals surface area contributed by atoms with E-state index in [9.17, 15) is 14.7 Å². The lowest BCUT2D eigenvalue weighted by Crippen LogP contribution is -2.23. The summed E-state index contributed by atoms with van der Waals surface area (Å²) in [5, 5.41) is 22.1. The Kier molecular flexibility index (Phi) is 5.60. The first-order chi connectivity index (χ1) is 19.4. The van der Waals surface area contributed by atoms with E-state index in [1.54, 1.807) is 39.8 Å². The van der Waals surface area contributed by atoms with Gasteiger partial charge in [-0.15, -0.1) is 5.10 Å². The summed E-state index contributed by atoms with van der Waals surface area (Å²) in [5.74, 6) is -0.189. The first kappa shape index (κ1) is 24.0. The fourth-order valence-electron chi connectivity index (χ4n) is 5.53. The molecule has 1 aliphatic heterocycles. The first-order valence-electron chi connectivity index (χ1n) is 12.6. The minimum Gasteiger partial charge on any atom is -0.481 e. The van der Waals surface area contributed by atoms with Crippen LogP contribution in [-0.4, -0.2) is 50.8 Å². The van der Waals surface area contributed by atoms with Crippen LogP contribution in [0, 0.1) is 0 Å². The molecule has 0 fully saturated rings. The number of benzene rings is 2. The Morgan fingerprint density at radius 1 is 1.12 bits per heavy atom. The number of carboxylic acids is 1. The van der Waals surface area contributed by atoms with Gasteiger partial charge in [-0.2, -0.15) is 4.68 Å². The number of rotatable bonds is 6. The van der Waals surface area contributed by atoms with E-state index in [0.29, 0.717) is 17.3 Å². The van der Waals surface area contributed by atoms with Crippen LogP contribution in [-0.2, 0) is 17.6 Å². The minimum atomic E-state index is -0.884. The second kappa shape index (κ2) is 9.31. The zero-order chi connectivity index (χ0) is 27.4. The van der Waals surface area contributed by atoms with Crippen molar-refractivity contribution in [2.75, 3.05) is 0 Å². The number of aromatic amines is 2. The molecular formula is C28H21ClN8O3. The molecule has 40 heavy (non-hydrogen) atoms. The summed E-state index contributed by atoms with van der Waals surface area (Å²) in [5.41, 5.74) is 6.25. The summed E-state index contributed by atoms with van der Waals surface area (Å²) in [6.07, 6.45) is 6.35. The topological polar surface area (TPSA) is 147 Å². The number of H-pyrrole nitrogens is 2. The van der Waals surface area contributed by atoms with Crippen molar-refractivity contribution >= 4 is 28.5 Å². The molecule has 12 heteroatoms. The first-order valence-corrected chi connectivity index (χ1v) is 13.0. The van der Waals surface area contributed by atoms with Gasteiger partial charge in [-0.3, -0.25) is 9.59 Å². The van der Waals surface area contributed by atoms with E-state index in [1.165, 1.54) is 6.33 Å². The van der Waals surface area contributed by atoms with Gasteiger partial charge in [0.1, 0.15) is 12.2 Å². The van der Waals surface area contributed by atoms with Gasteiger partial charge in [-0.1, -0.05) is 17.7 Å². The van der Waals surface area contributed by atoms with E-state index < -0.39 is 5.97 Å². The predicted molar refractivity (Wildman–Crippen MR) is 148 cm³/mol. The van der Waals surface area contributed by atoms with Crippen molar-refractivity contribution in [1.29, 1.82) is 0 Å². The summed E-state index contributed by atoms with van der Waals surface area (Å²) < 4.78 is 3.33. The quantitative estimate of drug-likeness (QED) is 0.281. The molecule has 0 aliphatic carbocycles. The Hall–Kier alpha value is -5.03. The Morgan fingerprint density at radius 2 is 2.02 bits per heavy atom. The van der Waals surface area contributed by atoms with E-state index in [2.05, 4.69) is 30.5 Å². The Bertz CT molecular complexity index is 1970. The number of nitrogens with one attached hydrogen (secondary N) is 2. The monoisotopic (exact) mass is 552 g/mol. The van der Waals surface area contributed by atoms with Gasteiger partial charge >= 0.3 is 5.97 Å². The zero-order valence-corrected chi connectivity index (χ0v) is 21.6. The lowest BCUT2D eigenvalue weighted by Gasteiger charge is -2.15. The van der Waals surface area contributed by atoms with E-state index in [-0.39, 0.29) is 18.0 Å². The largest absolute Gasteiger partial charge is 0.481 e. The van der Waals surface area contributed by atoms with Crippen LogP contribution in [0.2, 0.25) is 5.02 Å². The molecule has 0 amide bonds. The zero-order valence-electron chi connectivity index (χ0n) is 20.9. The molecule has 4 aromatic heterocycles. The van der Waals surface area contributed by atoms with Gasteiger partial charge in [0.25, 0.3) is 5.56 Å². The summed E-state index contributed by atoms with van der Waals surface area (Å²) in [6.45, 7) is 0. The maximum Gasteiger partial charge on any atom is 0.307 e. The SMILES string of the molecule is O=C(O)Cc1c[nH]c2ccc(-c3cnc([C@@H]4CCc5cc(-c6cc(Cl)ccc6-n6cnnn6)cc(=O)n54)[nH]3)cc12. The molecule has 11 nitrogen and oxygen atoms in total. The Labute approximate surface area is 231 Å². The molecule has 198 valence electrons. The Morgan fingerprint density at radius 3 is 2.85 bits per heavy atom. The van der Waals surface area contributed by atoms with Gasteiger partial charge in [0, 0.05) is 45.0 Å². The van der Waals surface area contributed by atoms with E-state index in [0.717, 1.165) is 56.7 Å². The molecular weight excluding hydrogens is 532 g/mol. The third kappa shape index (κ3) is 4.07. The van der Waals surface area contributed by atoms with Gasteiger partial charge in [0.05, 0.1) is 30.0 Å². The number of carboxylic acid groups (broad SMARTS) is 1. The van der Waals surface area contributed by atoms with Gasteiger partial charge in [-0.05, 0) is 70.8 Å². The maximum atomic E-state index is 13.5. The molecule has 0 radical (unpaired) electrons. The molecule has 2 aromatic carbocycles. The highest BCUT2D eigenvalue weighted by atomic mass is 35.5. The molecule has 1 atom stereocenters. The number of halogens is 1. The van der Waals surface area contributed by atoms with Gasteiger partial charge in [0.15, 0.2) is 0 Å². The number of pyridine rings is 1. The van der Waals surface area contributed by atoms with Crippen LogP contribution < -0.4 is 5.56 Å². The number of aryl methyl sites for hydroxylation is 1. The van der Waals surface area contributed by atoms with Crippen molar-refractivity contribution in [2.24, 2.45) is 0 Å². The highest BCUT2D eigenvalue weighted by Crippen LogP contribution is 2.35. The average molecular weight is 553 g/mol. The lowest BCUT2D eigenvalue weighted by molar-refractivity contribution is -0.136. The molecule has 0 saturated heterocycles. The molecule has 1 aliphatic rings. The van der Waals surface area contributed by atoms with Crippen LogP contribution in [0.4, 0.5) is 0 Å². The number of aliphatic carboxylic acids is 1. The van der Waals surface area contributed by atoms with Gasteiger partial charge < -0.3 is 19.6 Å². The highest BCUT2D eigenvalue weighted by Gasteiger charge is 2.28. The molecule has 6 aromatic rings. The third-order valence-corrected chi connectivity index (χ3v) is 7.57. The Balaban J connectivity index is 1.23. The molecule has 0 spiro atoms. The summed E-state index contributed by atoms with van der Waals surface area (Å²) >= 11 is 6.31. The van der Waals surface area contributed by atoms with Crippen molar-refractivity contribution in [2.45, 2.75) is 25.3 Å². The summed E-state index contributed by atoms with van der Waals surface area (Å²) in [6, 6.07) is 14.6. The number of fused-ring (bicyclic) bond motifs is 2. The second-order valence-electron chi connectivity index (χ2n) is 9.74. The maximum absolute atomic E-state index is 13.5. The third-order valence-electron chi connectivity index (χ3n) is 7.33. The number of carbonyl (C=O) groups is 1. The van der Waals surface area contributed by atoms with E-state index in [1.807, 2.05) is 30.3 Å². The standard InChI is InChI=1S/C28H21ClN8O3/c29-18-2-5-24(36-14-32-34-35-36)21(11-18)16-7-19-3-6-25(37(19)26(38)9-16)28-31-13-23(33-28)15-1-4-22-20(8-15)17(12-30-22)10-27(39)40/h1-2,4-5,7-9,11-14,25,30H,3,6,10H2,(H,31,33)(H,39,40)/t25-/m0/s1. The molecule has 3 N–H and O–H groups in total. The number of imidazole rings is 1. The van der Waals surface area contributed by atoms with Crippen LogP contribution >= 0.6 is 11.6 Å². The van der Waals surface area contributed by atoms with Crippen molar-refractivity contribution in [1.82, 2.24) is 39.7 Å². The lowest BCUT2D eigenvalue weighted by atomic mass is 10.0. The van der Waals surface area contributed by atoms with Gasteiger partial charge in [-0.25, -0.2) is 4.98 Å². The van der Waals surface area contributed by atoms with Crippen LogP contribution in [0.1, 0.15) is 29.5 Å². The van der Waals surface area contributed by atoms with Crippen molar-refractivity contribution in [3.63, 3.8) is 0 Å². The van der Waals surface area contributed by atoms with Crippen LogP contribution in [0.15, 0.2) is 72.0 Å². The van der Waals surface area contributed by atoms with Crippen molar-refractivity contribution in [3.8, 4) is 28.1 Å². The van der Waals surface area contributed by atoms with Crippen molar-refractivity contribution < 1.29 is 9.90 Å². The van der Waals surface area contributed by atoms with Crippen LogP contribution in [0.25, 0.3) is 39.0 Å². The fraction of sp³-hybridized carbons (Fsp3) is 0.143. The fourth-order valence-corrected chi connectivity index (χ4v) is 5.70. The minimum absolute atomic E-state index is 0.0617. The summed E-state index contributed by atoms with van der Waals surface area (Å²) in [7, 11) is 0. The van der Waals surface area contributed by atoms with Crippen LogP contribution in [0.5, 0.6) is 0 Å². The van der Waals surface area contributed by atoms with E-state index >= 15 is 0 Å². The number of hydrogen-bond acceptors (Lipinski definition) is 6. The van der Waals surface area contributed by atoms with Gasteiger partial charge in [0.2, 0.25) is 0 Å². The molecule has 7 rings (SSSR count). The summed E-state index contributed by atoms with van der Waals surface area (Å²) in [4.78, 5) is 35.9. The molecule has 0 unspecified atom stereocenters.